The summed E-state index contributed by atoms with van der Waals surface area (Å²) in [5, 5.41) is 6.41. The second-order valence-corrected chi connectivity index (χ2v) is 8.81. The number of carbonyl (C=O) groups excluding carboxylic acids is 1. The molecule has 1 amide bonds. The number of aromatic nitrogens is 1. The van der Waals surface area contributed by atoms with Gasteiger partial charge >= 0.3 is 0 Å². The quantitative estimate of drug-likeness (QED) is 0.511. The maximum absolute atomic E-state index is 12.4. The van der Waals surface area contributed by atoms with Gasteiger partial charge in [-0.3, -0.25) is 4.79 Å². The van der Waals surface area contributed by atoms with Gasteiger partial charge in [0.1, 0.15) is 11.9 Å². The van der Waals surface area contributed by atoms with Gasteiger partial charge in [-0.05, 0) is 38.1 Å². The van der Waals surface area contributed by atoms with E-state index in [9.17, 15) is 13.2 Å². The number of carbonyl (C=O) groups is 1. The van der Waals surface area contributed by atoms with Crippen molar-refractivity contribution in [2.45, 2.75) is 37.2 Å². The van der Waals surface area contributed by atoms with Crippen LogP contribution in [-0.2, 0) is 14.8 Å². The average molecular weight is 465 g/mol. The topological polar surface area (TPSA) is 128 Å². The minimum atomic E-state index is -4.00. The molecule has 32 heavy (non-hydrogen) atoms. The summed E-state index contributed by atoms with van der Waals surface area (Å²) in [5.74, 6) is 1.06. The number of hydrogen-bond donors (Lipinski definition) is 3. The molecule has 174 valence electrons. The molecule has 3 rings (SSSR count). The number of anilines is 2. The number of methoxy groups -OCH3 is 2. The Hall–Kier alpha value is -3.05. The lowest BCUT2D eigenvalue weighted by molar-refractivity contribution is -0.119. The smallest absolute Gasteiger partial charge is 0.264 e. The van der Waals surface area contributed by atoms with E-state index in [1.807, 2.05) is 4.72 Å². The van der Waals surface area contributed by atoms with Gasteiger partial charge in [-0.15, -0.1) is 0 Å². The highest BCUT2D eigenvalue weighted by Crippen LogP contribution is 2.38. The van der Waals surface area contributed by atoms with Crippen LogP contribution in [0.15, 0.2) is 35.4 Å². The number of benzene rings is 1. The number of hydrogen-bond acceptors (Lipinski definition) is 9. The van der Waals surface area contributed by atoms with E-state index in [-0.39, 0.29) is 23.2 Å². The summed E-state index contributed by atoms with van der Waals surface area (Å²) in [7, 11) is -1.05. The number of nitrogens with one attached hydrogen (secondary N) is 3. The Kier molecular flexibility index (Phi) is 7.75. The molecule has 10 nitrogen and oxygen atoms in total. The standard InChI is InChI=1S/C21H28N4O6S/c1-4-19(26)25-32(27,28)15-5-6-16(18(13-15)29-2)24-21-20(30-3)17(9-12-23-21)31-14-7-10-22-11-8-14/h5-6,9,12-14,22H,4,7-8,10-11H2,1-3H3,(H,23,24)(H,25,26). The molecule has 1 aromatic heterocycles. The Labute approximate surface area is 187 Å². The van der Waals surface area contributed by atoms with Crippen LogP contribution < -0.4 is 29.6 Å². The molecule has 0 spiro atoms. The van der Waals surface area contributed by atoms with Crippen LogP contribution in [0.3, 0.4) is 0 Å². The summed E-state index contributed by atoms with van der Waals surface area (Å²) in [6, 6.07) is 5.98. The number of pyridine rings is 1. The van der Waals surface area contributed by atoms with Crippen LogP contribution in [-0.4, -0.2) is 52.7 Å². The minimum Gasteiger partial charge on any atom is -0.495 e. The van der Waals surface area contributed by atoms with Gasteiger partial charge < -0.3 is 24.8 Å². The first-order valence-corrected chi connectivity index (χ1v) is 11.8. The Bertz CT molecular complexity index is 1050. The zero-order valence-corrected chi connectivity index (χ0v) is 19.1. The molecule has 1 fully saturated rings. The largest absolute Gasteiger partial charge is 0.495 e. The predicted molar refractivity (Wildman–Crippen MR) is 119 cm³/mol. The van der Waals surface area contributed by atoms with Crippen LogP contribution in [0.5, 0.6) is 17.2 Å². The molecular formula is C21H28N4O6S. The van der Waals surface area contributed by atoms with Gasteiger partial charge in [-0.25, -0.2) is 18.1 Å². The fourth-order valence-electron chi connectivity index (χ4n) is 3.25. The highest BCUT2D eigenvalue weighted by Gasteiger charge is 2.21. The molecule has 0 bridgehead atoms. The summed E-state index contributed by atoms with van der Waals surface area (Å²) in [4.78, 5) is 15.8. The average Bonchev–Trinajstić information content (AvgIpc) is 2.79. The fourth-order valence-corrected chi connectivity index (χ4v) is 4.32. The van der Waals surface area contributed by atoms with Crippen LogP contribution in [0.4, 0.5) is 11.5 Å². The molecular weight excluding hydrogens is 436 g/mol. The van der Waals surface area contributed by atoms with Crippen molar-refractivity contribution in [1.82, 2.24) is 15.0 Å². The van der Waals surface area contributed by atoms with E-state index in [1.165, 1.54) is 32.4 Å². The molecule has 1 saturated heterocycles. The zero-order chi connectivity index (χ0) is 23.1. The molecule has 1 aromatic carbocycles. The van der Waals surface area contributed by atoms with Gasteiger partial charge in [0.2, 0.25) is 11.7 Å². The first kappa shape index (κ1) is 23.6. The molecule has 0 unspecified atom stereocenters. The summed E-state index contributed by atoms with van der Waals surface area (Å²) in [5.41, 5.74) is 0.470. The molecule has 11 heteroatoms. The Morgan fingerprint density at radius 2 is 1.91 bits per heavy atom. The zero-order valence-electron chi connectivity index (χ0n) is 18.3. The predicted octanol–water partition coefficient (Wildman–Crippen LogP) is 2.19. The SMILES string of the molecule is CCC(=O)NS(=O)(=O)c1ccc(Nc2nccc(OC3CCNCC3)c2OC)c(OC)c1. The molecule has 2 heterocycles. The highest BCUT2D eigenvalue weighted by atomic mass is 32.2. The van der Waals surface area contributed by atoms with Gasteiger partial charge in [0.05, 0.1) is 24.8 Å². The summed E-state index contributed by atoms with van der Waals surface area (Å²) >= 11 is 0. The van der Waals surface area contributed by atoms with E-state index in [0.29, 0.717) is 23.0 Å². The van der Waals surface area contributed by atoms with Gasteiger partial charge in [0, 0.05) is 24.8 Å². The summed E-state index contributed by atoms with van der Waals surface area (Å²) < 4.78 is 43.9. The third-order valence-corrected chi connectivity index (χ3v) is 6.33. The van der Waals surface area contributed by atoms with Crippen molar-refractivity contribution in [2.75, 3.05) is 32.6 Å². The number of nitrogens with zero attached hydrogens (tertiary/aromatic N) is 1. The van der Waals surface area contributed by atoms with Crippen molar-refractivity contribution in [3.8, 4) is 17.2 Å². The minimum absolute atomic E-state index is 0.0528. The van der Waals surface area contributed by atoms with Crippen molar-refractivity contribution in [2.24, 2.45) is 0 Å². The van der Waals surface area contributed by atoms with Gasteiger partial charge in [-0.2, -0.15) is 0 Å². The first-order chi connectivity index (χ1) is 15.4. The molecule has 0 atom stereocenters. The van der Waals surface area contributed by atoms with Gasteiger partial charge in [0.15, 0.2) is 11.6 Å². The van der Waals surface area contributed by atoms with Crippen molar-refractivity contribution >= 4 is 27.4 Å². The normalized spacial score (nSPS) is 14.5. The van der Waals surface area contributed by atoms with E-state index in [0.717, 1.165) is 25.9 Å². The van der Waals surface area contributed by atoms with Crippen LogP contribution in [0.2, 0.25) is 0 Å². The molecule has 0 saturated carbocycles. The van der Waals surface area contributed by atoms with Crippen molar-refractivity contribution in [3.63, 3.8) is 0 Å². The summed E-state index contributed by atoms with van der Waals surface area (Å²) in [6.07, 6.45) is 3.53. The molecule has 1 aliphatic rings. The van der Waals surface area contributed by atoms with Crippen LogP contribution in [0.25, 0.3) is 0 Å². The van der Waals surface area contributed by atoms with E-state index in [1.54, 1.807) is 19.2 Å². The third kappa shape index (κ3) is 5.60. The fraction of sp³-hybridized carbons (Fsp3) is 0.429. The number of sulfonamides is 1. The van der Waals surface area contributed by atoms with Crippen LogP contribution in [0.1, 0.15) is 26.2 Å². The maximum Gasteiger partial charge on any atom is 0.264 e. The number of rotatable bonds is 9. The number of amides is 1. The lowest BCUT2D eigenvalue weighted by Gasteiger charge is -2.25. The lowest BCUT2D eigenvalue weighted by Crippen LogP contribution is -2.34. The van der Waals surface area contributed by atoms with E-state index < -0.39 is 15.9 Å². The monoisotopic (exact) mass is 464 g/mol. The molecule has 1 aliphatic heterocycles. The van der Waals surface area contributed by atoms with E-state index >= 15 is 0 Å². The van der Waals surface area contributed by atoms with Crippen molar-refractivity contribution in [1.29, 1.82) is 0 Å². The van der Waals surface area contributed by atoms with Gasteiger partial charge in [0.25, 0.3) is 10.0 Å². The lowest BCUT2D eigenvalue weighted by atomic mass is 10.1. The van der Waals surface area contributed by atoms with Crippen LogP contribution >= 0.6 is 0 Å². The Morgan fingerprint density at radius 1 is 1.16 bits per heavy atom. The number of ether oxygens (including phenoxy) is 3. The molecule has 0 radical (unpaired) electrons. The third-order valence-electron chi connectivity index (χ3n) is 4.96. The first-order valence-electron chi connectivity index (χ1n) is 10.3. The summed E-state index contributed by atoms with van der Waals surface area (Å²) in [6.45, 7) is 3.37. The molecule has 2 aromatic rings. The second kappa shape index (κ2) is 10.5. The Balaban J connectivity index is 1.86. The second-order valence-electron chi connectivity index (χ2n) is 7.13. The highest BCUT2D eigenvalue weighted by molar-refractivity contribution is 7.90. The van der Waals surface area contributed by atoms with Crippen molar-refractivity contribution < 1.29 is 27.4 Å². The molecule has 0 aliphatic carbocycles. The van der Waals surface area contributed by atoms with E-state index in [2.05, 4.69) is 15.6 Å². The maximum atomic E-state index is 12.4. The van der Waals surface area contributed by atoms with Gasteiger partial charge in [-0.1, -0.05) is 6.92 Å². The number of piperidine rings is 1. The van der Waals surface area contributed by atoms with Crippen molar-refractivity contribution in [3.05, 3.63) is 30.5 Å². The molecule has 3 N–H and O–H groups in total. The van der Waals surface area contributed by atoms with E-state index in [4.69, 9.17) is 14.2 Å². The van der Waals surface area contributed by atoms with Crippen LogP contribution in [0, 0.1) is 0 Å². The Morgan fingerprint density at radius 3 is 2.56 bits per heavy atom.